The Kier molecular flexibility index (Phi) is 3.98. The van der Waals surface area contributed by atoms with Crippen molar-refractivity contribution in [2.45, 2.75) is 11.0 Å². The first-order valence-corrected chi connectivity index (χ1v) is 7.08. The average molecular weight is 269 g/mol. The normalized spacial score (nSPS) is 20.9. The molecule has 0 spiro atoms. The third-order valence-electron chi connectivity index (χ3n) is 2.71. The molecule has 5 nitrogen and oxygen atoms in total. The van der Waals surface area contributed by atoms with Crippen LogP contribution >= 0.6 is 0 Å². The van der Waals surface area contributed by atoms with Gasteiger partial charge in [-0.25, -0.2) is 4.79 Å². The van der Waals surface area contributed by atoms with Crippen molar-refractivity contribution >= 4 is 22.6 Å². The number of rotatable bonds is 4. The second kappa shape index (κ2) is 5.49. The molecule has 1 amide bonds. The van der Waals surface area contributed by atoms with E-state index in [0.29, 0.717) is 13.2 Å². The highest BCUT2D eigenvalue weighted by atomic mass is 32.2. The van der Waals surface area contributed by atoms with Gasteiger partial charge in [0, 0.05) is 34.7 Å². The quantitative estimate of drug-likeness (QED) is 0.829. The molecule has 18 heavy (non-hydrogen) atoms. The van der Waals surface area contributed by atoms with Crippen LogP contribution in [0.1, 0.15) is 0 Å². The van der Waals surface area contributed by atoms with Crippen molar-refractivity contribution in [3.63, 3.8) is 0 Å². The van der Waals surface area contributed by atoms with Gasteiger partial charge in [0.2, 0.25) is 0 Å². The van der Waals surface area contributed by atoms with Crippen molar-refractivity contribution in [1.29, 1.82) is 0 Å². The lowest BCUT2D eigenvalue weighted by atomic mass is 10.3. The van der Waals surface area contributed by atoms with Crippen LogP contribution in [0.3, 0.4) is 0 Å². The molecule has 0 bridgehead atoms. The van der Waals surface area contributed by atoms with Crippen LogP contribution in [0.15, 0.2) is 29.2 Å². The summed E-state index contributed by atoms with van der Waals surface area (Å²) in [6, 6.07) is 7.05. The third kappa shape index (κ3) is 2.70. The van der Waals surface area contributed by atoms with E-state index in [1.807, 2.05) is 0 Å². The number of cyclic esters (lactones) is 1. The molecule has 0 saturated carbocycles. The lowest BCUT2D eigenvalue weighted by molar-refractivity contribution is 0.0718. The minimum Gasteiger partial charge on any atom is -0.441 e. The number of hydrogen-bond donors (Lipinski definition) is 0. The molecule has 0 radical (unpaired) electrons. The van der Waals surface area contributed by atoms with E-state index in [1.165, 1.54) is 0 Å². The molecule has 1 fully saturated rings. The maximum absolute atomic E-state index is 11.7. The molecule has 1 aromatic rings. The molecule has 1 aliphatic rings. The van der Waals surface area contributed by atoms with E-state index in [4.69, 9.17) is 9.47 Å². The number of carbonyl (C=O) groups excluding carboxylic acids is 1. The molecular weight excluding hydrogens is 254 g/mol. The molecule has 1 aromatic carbocycles. The van der Waals surface area contributed by atoms with Gasteiger partial charge in [-0.1, -0.05) is 0 Å². The Balaban J connectivity index is 2.12. The summed E-state index contributed by atoms with van der Waals surface area (Å²) in [5, 5.41) is 0. The monoisotopic (exact) mass is 269 g/mol. The topological polar surface area (TPSA) is 55.8 Å². The highest BCUT2D eigenvalue weighted by Gasteiger charge is 2.32. The van der Waals surface area contributed by atoms with E-state index in [0.717, 1.165) is 10.6 Å². The van der Waals surface area contributed by atoms with Crippen LogP contribution in [-0.2, 0) is 20.3 Å². The van der Waals surface area contributed by atoms with Gasteiger partial charge in [-0.2, -0.15) is 0 Å². The maximum Gasteiger partial charge on any atom is 0.414 e. The standard InChI is InChI=1S/C12H15NO4S/c1-16-8-10-7-13(12(14)17-10)9-3-5-11(6-4-9)18(2)15/h3-6,10H,7-8H2,1-2H3/t10-,18?/m0/s1. The molecule has 1 heterocycles. The van der Waals surface area contributed by atoms with E-state index in [2.05, 4.69) is 0 Å². The predicted octanol–water partition coefficient (Wildman–Crippen LogP) is 1.40. The SMILES string of the molecule is COC[C@@H]1CN(c2ccc(S(C)=O)cc2)C(=O)O1. The van der Waals surface area contributed by atoms with Crippen molar-refractivity contribution in [2.75, 3.05) is 31.4 Å². The zero-order chi connectivity index (χ0) is 13.1. The summed E-state index contributed by atoms with van der Waals surface area (Å²) in [5.74, 6) is 0. The first kappa shape index (κ1) is 13.0. The van der Waals surface area contributed by atoms with Gasteiger partial charge >= 0.3 is 6.09 Å². The summed E-state index contributed by atoms with van der Waals surface area (Å²) in [5.41, 5.74) is 0.743. The zero-order valence-electron chi connectivity index (χ0n) is 10.3. The number of carbonyl (C=O) groups is 1. The van der Waals surface area contributed by atoms with Crippen LogP contribution in [0.2, 0.25) is 0 Å². The van der Waals surface area contributed by atoms with E-state index in [1.54, 1.807) is 42.5 Å². The molecule has 1 aliphatic heterocycles. The van der Waals surface area contributed by atoms with E-state index < -0.39 is 10.8 Å². The minimum atomic E-state index is -1.01. The fourth-order valence-corrected chi connectivity index (χ4v) is 2.34. The van der Waals surface area contributed by atoms with Gasteiger partial charge in [-0.15, -0.1) is 0 Å². The first-order valence-electron chi connectivity index (χ1n) is 5.52. The Bertz CT molecular complexity index is 460. The van der Waals surface area contributed by atoms with Crippen molar-refractivity contribution in [1.82, 2.24) is 0 Å². The van der Waals surface area contributed by atoms with Crippen LogP contribution in [0, 0.1) is 0 Å². The van der Waals surface area contributed by atoms with Gasteiger partial charge in [0.05, 0.1) is 13.2 Å². The fourth-order valence-electron chi connectivity index (χ4n) is 1.82. The van der Waals surface area contributed by atoms with Crippen LogP contribution in [0.4, 0.5) is 10.5 Å². The second-order valence-corrected chi connectivity index (χ2v) is 5.40. The number of amides is 1. The Labute approximate surface area is 108 Å². The molecule has 1 saturated heterocycles. The van der Waals surface area contributed by atoms with Gasteiger partial charge < -0.3 is 9.47 Å². The van der Waals surface area contributed by atoms with Crippen LogP contribution in [0.25, 0.3) is 0 Å². The summed E-state index contributed by atoms with van der Waals surface area (Å²) in [4.78, 5) is 14.0. The smallest absolute Gasteiger partial charge is 0.414 e. The molecule has 2 rings (SSSR count). The summed E-state index contributed by atoms with van der Waals surface area (Å²) < 4.78 is 21.4. The Morgan fingerprint density at radius 3 is 2.67 bits per heavy atom. The fraction of sp³-hybridized carbons (Fsp3) is 0.417. The number of methoxy groups -OCH3 is 1. The number of hydrogen-bond acceptors (Lipinski definition) is 4. The Morgan fingerprint density at radius 2 is 2.11 bits per heavy atom. The van der Waals surface area contributed by atoms with Gasteiger partial charge in [0.1, 0.15) is 6.10 Å². The Morgan fingerprint density at radius 1 is 1.44 bits per heavy atom. The highest BCUT2D eigenvalue weighted by molar-refractivity contribution is 7.84. The minimum absolute atomic E-state index is 0.234. The van der Waals surface area contributed by atoms with E-state index in [9.17, 15) is 9.00 Å². The predicted molar refractivity (Wildman–Crippen MR) is 68.3 cm³/mol. The molecule has 0 aromatic heterocycles. The maximum atomic E-state index is 11.7. The van der Waals surface area contributed by atoms with Crippen molar-refractivity contribution < 1.29 is 18.5 Å². The molecule has 0 aliphatic carbocycles. The Hall–Kier alpha value is -1.40. The average Bonchev–Trinajstić information content (AvgIpc) is 2.71. The van der Waals surface area contributed by atoms with Crippen molar-refractivity contribution in [3.05, 3.63) is 24.3 Å². The lowest BCUT2D eigenvalue weighted by Gasteiger charge is -2.13. The molecule has 98 valence electrons. The first-order chi connectivity index (χ1) is 8.61. The molecule has 2 atom stereocenters. The lowest BCUT2D eigenvalue weighted by Crippen LogP contribution is -2.25. The third-order valence-corrected chi connectivity index (χ3v) is 3.64. The molecule has 0 N–H and O–H groups in total. The van der Waals surface area contributed by atoms with Gasteiger partial charge in [-0.3, -0.25) is 9.11 Å². The molecule has 6 heteroatoms. The second-order valence-electron chi connectivity index (χ2n) is 4.02. The number of nitrogens with zero attached hydrogens (tertiary/aromatic N) is 1. The highest BCUT2D eigenvalue weighted by Crippen LogP contribution is 2.22. The molecule has 1 unspecified atom stereocenters. The van der Waals surface area contributed by atoms with Crippen molar-refractivity contribution in [3.8, 4) is 0 Å². The van der Waals surface area contributed by atoms with Gasteiger partial charge in [0.15, 0.2) is 0 Å². The van der Waals surface area contributed by atoms with Crippen molar-refractivity contribution in [2.24, 2.45) is 0 Å². The van der Waals surface area contributed by atoms with Crippen LogP contribution in [-0.4, -0.2) is 42.9 Å². The van der Waals surface area contributed by atoms with Crippen LogP contribution < -0.4 is 4.90 Å². The van der Waals surface area contributed by atoms with E-state index in [-0.39, 0.29) is 12.2 Å². The summed E-state index contributed by atoms with van der Waals surface area (Å²) >= 11 is 0. The van der Waals surface area contributed by atoms with Gasteiger partial charge in [-0.05, 0) is 24.3 Å². The summed E-state index contributed by atoms with van der Waals surface area (Å²) in [6.07, 6.45) is 1.01. The number of ether oxygens (including phenoxy) is 2. The number of anilines is 1. The van der Waals surface area contributed by atoms with E-state index >= 15 is 0 Å². The zero-order valence-corrected chi connectivity index (χ0v) is 11.1. The summed E-state index contributed by atoms with van der Waals surface area (Å²) in [7, 11) is 0.559. The van der Waals surface area contributed by atoms with Crippen LogP contribution in [0.5, 0.6) is 0 Å². The largest absolute Gasteiger partial charge is 0.441 e. The number of benzene rings is 1. The summed E-state index contributed by atoms with van der Waals surface area (Å²) in [6.45, 7) is 0.862. The van der Waals surface area contributed by atoms with Gasteiger partial charge in [0.25, 0.3) is 0 Å². The molecular formula is C12H15NO4S.